The van der Waals surface area contributed by atoms with E-state index in [1.165, 1.54) is 12.1 Å². The molecule has 1 unspecified atom stereocenters. The summed E-state index contributed by atoms with van der Waals surface area (Å²) in [6, 6.07) is 11.2. The van der Waals surface area contributed by atoms with Crippen molar-refractivity contribution in [3.63, 3.8) is 0 Å². The van der Waals surface area contributed by atoms with Gasteiger partial charge in [-0.15, -0.1) is 0 Å². The minimum atomic E-state index is -3.59. The fourth-order valence-electron chi connectivity index (χ4n) is 3.80. The van der Waals surface area contributed by atoms with Gasteiger partial charge in [0.05, 0.1) is 11.4 Å². The van der Waals surface area contributed by atoms with E-state index in [2.05, 4.69) is 0 Å². The standard InChI is InChI=1S/C25H32FN2O4S/c1-4-33(30,31)28(14-6-7-19(17-27)18-28)22-8-5-9-23(16-22)32-24-11-10-21(26)15-20(24)12-13-25(2,3)29/h5-11,15-16,18,29H,4,12-14,17,27H2,1-3H3/q+1. The molecule has 33 heavy (non-hydrogen) atoms. The number of hydrogen-bond donors (Lipinski definition) is 2. The SMILES string of the molecule is CCS(=O)(=O)[N+]1(c2cccc(Oc3ccc(F)cc3CCC(C)(C)O)c2)C=C(CN)C=CC1. The Balaban J connectivity index is 2.01. The third kappa shape index (κ3) is 5.70. The molecule has 0 saturated carbocycles. The van der Waals surface area contributed by atoms with E-state index in [1.807, 2.05) is 12.2 Å². The van der Waals surface area contributed by atoms with Gasteiger partial charge in [-0.05, 0) is 69.5 Å². The molecular formula is C25H32FN2O4S+. The van der Waals surface area contributed by atoms with Gasteiger partial charge in [0.25, 0.3) is 0 Å². The molecule has 0 aliphatic carbocycles. The molecule has 1 atom stereocenters. The highest BCUT2D eigenvalue weighted by atomic mass is 32.2. The predicted molar refractivity (Wildman–Crippen MR) is 130 cm³/mol. The molecule has 0 saturated heterocycles. The van der Waals surface area contributed by atoms with Gasteiger partial charge in [0.2, 0.25) is 0 Å². The zero-order valence-electron chi connectivity index (χ0n) is 19.3. The maximum atomic E-state index is 13.9. The number of benzene rings is 2. The Labute approximate surface area is 195 Å². The molecule has 3 N–H and O–H groups in total. The molecule has 1 heterocycles. The van der Waals surface area contributed by atoms with Crippen molar-refractivity contribution in [2.75, 3.05) is 18.8 Å². The van der Waals surface area contributed by atoms with Crippen molar-refractivity contribution in [3.05, 3.63) is 77.8 Å². The molecule has 3 rings (SSSR count). The molecule has 1 aliphatic rings. The Kier molecular flexibility index (Phi) is 7.43. The van der Waals surface area contributed by atoms with Gasteiger partial charge >= 0.3 is 10.0 Å². The van der Waals surface area contributed by atoms with Crippen molar-refractivity contribution in [1.29, 1.82) is 0 Å². The van der Waals surface area contributed by atoms with E-state index in [-0.39, 0.29) is 28.5 Å². The Morgan fingerprint density at radius 3 is 2.64 bits per heavy atom. The molecule has 8 heteroatoms. The van der Waals surface area contributed by atoms with Crippen LogP contribution in [0.5, 0.6) is 11.5 Å². The highest BCUT2D eigenvalue weighted by Crippen LogP contribution is 2.36. The van der Waals surface area contributed by atoms with Crippen molar-refractivity contribution in [3.8, 4) is 11.5 Å². The average molecular weight is 476 g/mol. The number of ether oxygens (including phenoxy) is 1. The maximum Gasteiger partial charge on any atom is 0.306 e. The van der Waals surface area contributed by atoms with Crippen LogP contribution in [0, 0.1) is 5.82 Å². The van der Waals surface area contributed by atoms with Gasteiger partial charge in [0.1, 0.15) is 30.1 Å². The summed E-state index contributed by atoms with van der Waals surface area (Å²) < 4.78 is 46.1. The molecule has 0 fully saturated rings. The summed E-state index contributed by atoms with van der Waals surface area (Å²) in [6.07, 6.45) is 6.20. The summed E-state index contributed by atoms with van der Waals surface area (Å²) in [5.74, 6) is 0.461. The highest BCUT2D eigenvalue weighted by molar-refractivity contribution is 7.91. The Bertz CT molecular complexity index is 1170. The molecule has 178 valence electrons. The molecule has 0 bridgehead atoms. The number of sulfonamides is 1. The molecule has 0 aromatic heterocycles. The minimum Gasteiger partial charge on any atom is -0.457 e. The third-order valence-corrected chi connectivity index (χ3v) is 7.88. The first kappa shape index (κ1) is 25.1. The zero-order chi connectivity index (χ0) is 24.3. The van der Waals surface area contributed by atoms with E-state index in [1.54, 1.807) is 57.3 Å². The van der Waals surface area contributed by atoms with Crippen LogP contribution in [-0.4, -0.2) is 38.0 Å². The zero-order valence-corrected chi connectivity index (χ0v) is 20.1. The second-order valence-corrected chi connectivity index (χ2v) is 11.2. The number of halogens is 1. The smallest absolute Gasteiger partial charge is 0.306 e. The van der Waals surface area contributed by atoms with Crippen LogP contribution in [0.2, 0.25) is 0 Å². The monoisotopic (exact) mass is 475 g/mol. The normalized spacial score (nSPS) is 18.8. The number of aliphatic hydroxyl groups is 1. The average Bonchev–Trinajstić information content (AvgIpc) is 2.78. The number of quaternary nitrogens is 1. The summed E-state index contributed by atoms with van der Waals surface area (Å²) in [6.45, 7) is 5.49. The Hall–Kier alpha value is -2.52. The van der Waals surface area contributed by atoms with Crippen LogP contribution < -0.4 is 14.4 Å². The van der Waals surface area contributed by atoms with E-state index in [0.29, 0.717) is 35.6 Å². The summed E-state index contributed by atoms with van der Waals surface area (Å²) >= 11 is 0. The number of rotatable bonds is 9. The van der Waals surface area contributed by atoms with Crippen LogP contribution in [0.25, 0.3) is 0 Å². The van der Waals surface area contributed by atoms with Crippen LogP contribution in [0.15, 0.2) is 66.4 Å². The van der Waals surface area contributed by atoms with Crippen molar-refractivity contribution >= 4 is 15.7 Å². The van der Waals surface area contributed by atoms with Gasteiger partial charge in [0.15, 0.2) is 5.69 Å². The van der Waals surface area contributed by atoms with Crippen LogP contribution >= 0.6 is 0 Å². The van der Waals surface area contributed by atoms with Gasteiger partial charge in [-0.2, -0.15) is 12.3 Å². The molecule has 0 amide bonds. The van der Waals surface area contributed by atoms with Crippen LogP contribution in [0.3, 0.4) is 0 Å². The summed E-state index contributed by atoms with van der Waals surface area (Å²) in [7, 11) is -3.59. The fourth-order valence-corrected chi connectivity index (χ4v) is 5.31. The van der Waals surface area contributed by atoms with Gasteiger partial charge in [-0.3, -0.25) is 0 Å². The largest absolute Gasteiger partial charge is 0.457 e. The molecule has 0 radical (unpaired) electrons. The summed E-state index contributed by atoms with van der Waals surface area (Å²) in [4.78, 5) is 0. The molecule has 0 spiro atoms. The molecule has 2 aromatic carbocycles. The van der Waals surface area contributed by atoms with E-state index in [9.17, 15) is 17.9 Å². The maximum absolute atomic E-state index is 13.9. The predicted octanol–water partition coefficient (Wildman–Crippen LogP) is 4.39. The number of hydrogen-bond acceptors (Lipinski definition) is 5. The van der Waals surface area contributed by atoms with E-state index in [0.717, 1.165) is 5.57 Å². The lowest BCUT2D eigenvalue weighted by atomic mass is 9.98. The van der Waals surface area contributed by atoms with Gasteiger partial charge < -0.3 is 15.6 Å². The first-order valence-corrected chi connectivity index (χ1v) is 12.6. The number of nitrogens with two attached hydrogens (primary N) is 1. The third-order valence-electron chi connectivity index (χ3n) is 5.69. The number of aryl methyl sites for hydroxylation is 1. The lowest BCUT2D eigenvalue weighted by molar-refractivity contribution is 0.0712. The van der Waals surface area contributed by atoms with Crippen molar-refractivity contribution in [1.82, 2.24) is 3.89 Å². The van der Waals surface area contributed by atoms with Crippen molar-refractivity contribution < 1.29 is 22.7 Å². The second kappa shape index (κ2) is 9.77. The van der Waals surface area contributed by atoms with Gasteiger partial charge in [-0.25, -0.2) is 4.39 Å². The lowest BCUT2D eigenvalue weighted by Gasteiger charge is -2.34. The van der Waals surface area contributed by atoms with E-state index in [4.69, 9.17) is 10.5 Å². The summed E-state index contributed by atoms with van der Waals surface area (Å²) in [5.41, 5.74) is 6.80. The van der Waals surface area contributed by atoms with Crippen LogP contribution in [0.1, 0.15) is 32.8 Å². The Morgan fingerprint density at radius 2 is 1.97 bits per heavy atom. The summed E-state index contributed by atoms with van der Waals surface area (Å²) in [5, 5.41) is 10.1. The molecular weight excluding hydrogens is 443 g/mol. The number of nitrogens with zero attached hydrogens (tertiary/aromatic N) is 1. The molecule has 6 nitrogen and oxygen atoms in total. The van der Waals surface area contributed by atoms with Crippen molar-refractivity contribution in [2.24, 2.45) is 5.73 Å². The van der Waals surface area contributed by atoms with Crippen LogP contribution in [0.4, 0.5) is 10.1 Å². The van der Waals surface area contributed by atoms with Gasteiger partial charge in [0, 0.05) is 24.3 Å². The molecule has 2 aromatic rings. The Morgan fingerprint density at radius 1 is 1.21 bits per heavy atom. The quantitative estimate of drug-likeness (QED) is 0.525. The topological polar surface area (TPSA) is 89.6 Å². The minimum absolute atomic E-state index is 0.0423. The lowest BCUT2D eigenvalue weighted by Crippen LogP contribution is -2.51. The van der Waals surface area contributed by atoms with Crippen molar-refractivity contribution in [2.45, 2.75) is 39.2 Å². The second-order valence-electron chi connectivity index (χ2n) is 8.82. The highest BCUT2D eigenvalue weighted by Gasteiger charge is 2.42. The molecule has 1 aliphatic heterocycles. The van der Waals surface area contributed by atoms with E-state index >= 15 is 0 Å². The fraction of sp³-hybridized carbons (Fsp3) is 0.360. The van der Waals surface area contributed by atoms with Gasteiger partial charge in [-0.1, -0.05) is 12.1 Å². The van der Waals surface area contributed by atoms with Crippen LogP contribution in [-0.2, 0) is 16.4 Å². The first-order valence-electron chi connectivity index (χ1n) is 11.0. The first-order chi connectivity index (χ1) is 15.5. The van der Waals surface area contributed by atoms with E-state index < -0.39 is 15.6 Å².